The molecule has 7 heteroatoms. The molecule has 1 aromatic rings. The predicted molar refractivity (Wildman–Crippen MR) is 67.4 cm³/mol. The minimum atomic E-state index is -1.14. The van der Waals surface area contributed by atoms with Crippen LogP contribution in [0, 0.1) is 0 Å². The van der Waals surface area contributed by atoms with E-state index >= 15 is 0 Å². The van der Waals surface area contributed by atoms with Gasteiger partial charge >= 0.3 is 5.97 Å². The smallest absolute Gasteiger partial charge is 0.307 e. The second-order valence-electron chi connectivity index (χ2n) is 4.07. The van der Waals surface area contributed by atoms with Crippen LogP contribution in [0.1, 0.15) is 23.7 Å². The third kappa shape index (κ3) is 4.97. The number of hydrogen-bond acceptors (Lipinski definition) is 4. The summed E-state index contributed by atoms with van der Waals surface area (Å²) in [6.07, 6.45) is -2.21. The SMILES string of the molecule is [N-]=[N+]=NCCC(O)C(O)c1cccc(CC(=O)O)c1. The van der Waals surface area contributed by atoms with E-state index in [1.165, 1.54) is 6.07 Å². The Hall–Kier alpha value is -2.08. The summed E-state index contributed by atoms with van der Waals surface area (Å²) < 4.78 is 0. The van der Waals surface area contributed by atoms with Gasteiger partial charge in [0.1, 0.15) is 6.10 Å². The van der Waals surface area contributed by atoms with E-state index in [9.17, 15) is 15.0 Å². The van der Waals surface area contributed by atoms with Gasteiger partial charge in [-0.25, -0.2) is 0 Å². The first-order valence-corrected chi connectivity index (χ1v) is 5.72. The van der Waals surface area contributed by atoms with E-state index in [1.807, 2.05) is 0 Å². The lowest BCUT2D eigenvalue weighted by atomic mass is 9.99. The van der Waals surface area contributed by atoms with Gasteiger partial charge in [0.25, 0.3) is 0 Å². The molecule has 1 rings (SSSR count). The molecule has 0 heterocycles. The maximum absolute atomic E-state index is 10.6. The summed E-state index contributed by atoms with van der Waals surface area (Å²) in [6.45, 7) is 0.0868. The van der Waals surface area contributed by atoms with Gasteiger partial charge in [0.05, 0.1) is 12.5 Å². The fourth-order valence-electron chi connectivity index (χ4n) is 1.68. The Bertz CT molecular complexity index is 486. The lowest BCUT2D eigenvalue weighted by molar-refractivity contribution is -0.136. The minimum absolute atomic E-state index is 0.0868. The number of hydrogen-bond donors (Lipinski definition) is 3. The van der Waals surface area contributed by atoms with Crippen LogP contribution in [0.3, 0.4) is 0 Å². The molecule has 7 nitrogen and oxygen atoms in total. The number of aliphatic hydroxyl groups is 2. The molecule has 19 heavy (non-hydrogen) atoms. The standard InChI is InChI=1S/C12H15N3O4/c13-15-14-5-4-10(16)12(19)9-3-1-2-8(6-9)7-11(17)18/h1-3,6,10,12,16,19H,4-5,7H2,(H,17,18). The first kappa shape index (κ1) is 15.0. The molecule has 0 saturated heterocycles. The zero-order chi connectivity index (χ0) is 14.3. The molecule has 2 atom stereocenters. The van der Waals surface area contributed by atoms with E-state index in [2.05, 4.69) is 10.0 Å². The summed E-state index contributed by atoms with van der Waals surface area (Å²) in [5, 5.41) is 31.6. The number of carboxylic acids is 1. The van der Waals surface area contributed by atoms with Crippen LogP contribution in [-0.2, 0) is 11.2 Å². The highest BCUT2D eigenvalue weighted by Crippen LogP contribution is 2.20. The second kappa shape index (κ2) is 7.38. The number of benzene rings is 1. The zero-order valence-electron chi connectivity index (χ0n) is 10.2. The Balaban J connectivity index is 2.72. The first-order chi connectivity index (χ1) is 9.04. The molecule has 102 valence electrons. The number of carbonyl (C=O) groups is 1. The molecule has 0 aliphatic rings. The molecule has 0 saturated carbocycles. The monoisotopic (exact) mass is 265 g/mol. The van der Waals surface area contributed by atoms with Crippen molar-refractivity contribution >= 4 is 5.97 Å². The average molecular weight is 265 g/mol. The number of rotatable bonds is 7. The van der Waals surface area contributed by atoms with Gasteiger partial charge in [0, 0.05) is 11.5 Å². The molecular weight excluding hydrogens is 250 g/mol. The summed E-state index contributed by atoms with van der Waals surface area (Å²) in [6, 6.07) is 6.40. The van der Waals surface area contributed by atoms with Crippen LogP contribution < -0.4 is 0 Å². The summed E-state index contributed by atoms with van der Waals surface area (Å²) in [5.74, 6) is -0.962. The molecule has 1 aromatic carbocycles. The molecule has 2 unspecified atom stereocenters. The van der Waals surface area contributed by atoms with Crippen LogP contribution >= 0.6 is 0 Å². The van der Waals surface area contributed by atoms with Crippen molar-refractivity contribution in [3.05, 3.63) is 45.8 Å². The van der Waals surface area contributed by atoms with Crippen LogP contribution in [0.2, 0.25) is 0 Å². The average Bonchev–Trinajstić information content (AvgIpc) is 2.37. The van der Waals surface area contributed by atoms with Gasteiger partial charge < -0.3 is 15.3 Å². The normalized spacial score (nSPS) is 13.4. The van der Waals surface area contributed by atoms with E-state index in [-0.39, 0.29) is 19.4 Å². The summed E-state index contributed by atoms with van der Waals surface area (Å²) >= 11 is 0. The molecule has 0 aliphatic heterocycles. The zero-order valence-corrected chi connectivity index (χ0v) is 10.2. The number of aliphatic hydroxyl groups excluding tert-OH is 2. The van der Waals surface area contributed by atoms with Crippen molar-refractivity contribution in [1.29, 1.82) is 0 Å². The number of aliphatic carboxylic acids is 1. The van der Waals surface area contributed by atoms with Crippen molar-refractivity contribution in [1.82, 2.24) is 0 Å². The van der Waals surface area contributed by atoms with Crippen molar-refractivity contribution in [3.63, 3.8) is 0 Å². The largest absolute Gasteiger partial charge is 0.481 e. The van der Waals surface area contributed by atoms with Gasteiger partial charge in [-0.2, -0.15) is 0 Å². The maximum Gasteiger partial charge on any atom is 0.307 e. The lowest BCUT2D eigenvalue weighted by Crippen LogP contribution is -2.19. The molecule has 0 amide bonds. The Morgan fingerprint density at radius 1 is 1.42 bits per heavy atom. The first-order valence-electron chi connectivity index (χ1n) is 5.72. The Morgan fingerprint density at radius 3 is 2.79 bits per heavy atom. The fourth-order valence-corrected chi connectivity index (χ4v) is 1.68. The Morgan fingerprint density at radius 2 is 2.16 bits per heavy atom. The molecular formula is C12H15N3O4. The molecule has 3 N–H and O–H groups in total. The van der Waals surface area contributed by atoms with E-state index < -0.39 is 18.2 Å². The predicted octanol–water partition coefficient (Wildman–Crippen LogP) is 1.41. The van der Waals surface area contributed by atoms with Crippen molar-refractivity contribution in [2.45, 2.75) is 25.0 Å². The van der Waals surface area contributed by atoms with Gasteiger partial charge in [-0.1, -0.05) is 29.4 Å². The quantitative estimate of drug-likeness (QED) is 0.391. The van der Waals surface area contributed by atoms with Crippen LogP contribution in [-0.4, -0.2) is 33.9 Å². The highest BCUT2D eigenvalue weighted by atomic mass is 16.4. The second-order valence-corrected chi connectivity index (χ2v) is 4.07. The van der Waals surface area contributed by atoms with Crippen molar-refractivity contribution in [2.24, 2.45) is 5.11 Å². The minimum Gasteiger partial charge on any atom is -0.481 e. The van der Waals surface area contributed by atoms with Crippen LogP contribution in [0.5, 0.6) is 0 Å². The summed E-state index contributed by atoms with van der Waals surface area (Å²) in [4.78, 5) is 13.2. The third-order valence-corrected chi connectivity index (χ3v) is 2.60. The molecule has 0 aromatic heterocycles. The van der Waals surface area contributed by atoms with Crippen molar-refractivity contribution < 1.29 is 20.1 Å². The highest BCUT2D eigenvalue weighted by Gasteiger charge is 2.18. The van der Waals surface area contributed by atoms with E-state index in [0.717, 1.165) is 0 Å². The highest BCUT2D eigenvalue weighted by molar-refractivity contribution is 5.70. The van der Waals surface area contributed by atoms with E-state index in [0.29, 0.717) is 11.1 Å². The van der Waals surface area contributed by atoms with Crippen LogP contribution in [0.25, 0.3) is 10.4 Å². The Kier molecular flexibility index (Phi) is 5.81. The fraction of sp³-hybridized carbons (Fsp3) is 0.417. The number of azide groups is 1. The molecule has 0 aliphatic carbocycles. The molecule has 0 fully saturated rings. The van der Waals surface area contributed by atoms with Crippen LogP contribution in [0.15, 0.2) is 29.4 Å². The summed E-state index contributed by atoms with van der Waals surface area (Å²) in [7, 11) is 0. The van der Waals surface area contributed by atoms with Gasteiger partial charge in [-0.3, -0.25) is 4.79 Å². The van der Waals surface area contributed by atoms with Gasteiger partial charge in [-0.05, 0) is 23.1 Å². The molecule has 0 spiro atoms. The van der Waals surface area contributed by atoms with Gasteiger partial charge in [-0.15, -0.1) is 0 Å². The van der Waals surface area contributed by atoms with E-state index in [4.69, 9.17) is 10.6 Å². The van der Waals surface area contributed by atoms with Gasteiger partial charge in [0.15, 0.2) is 0 Å². The van der Waals surface area contributed by atoms with E-state index in [1.54, 1.807) is 18.2 Å². The molecule has 0 radical (unpaired) electrons. The van der Waals surface area contributed by atoms with Crippen LogP contribution in [0.4, 0.5) is 0 Å². The third-order valence-electron chi connectivity index (χ3n) is 2.60. The maximum atomic E-state index is 10.6. The number of carboxylic acid groups (broad SMARTS) is 1. The number of nitrogens with zero attached hydrogens (tertiary/aromatic N) is 3. The van der Waals surface area contributed by atoms with Gasteiger partial charge in [0.2, 0.25) is 0 Å². The Labute approximate surface area is 109 Å². The summed E-state index contributed by atoms with van der Waals surface area (Å²) in [5.41, 5.74) is 9.10. The lowest BCUT2D eigenvalue weighted by Gasteiger charge is -2.17. The topological polar surface area (TPSA) is 127 Å². The van der Waals surface area contributed by atoms with Crippen molar-refractivity contribution in [3.8, 4) is 0 Å². The van der Waals surface area contributed by atoms with Crippen molar-refractivity contribution in [2.75, 3.05) is 6.54 Å². The molecule has 0 bridgehead atoms.